The number of rotatable bonds is 5. The zero-order valence-electron chi connectivity index (χ0n) is 15.4. The minimum absolute atomic E-state index is 0.00852. The Morgan fingerprint density at radius 1 is 1.21 bits per heavy atom. The minimum atomic E-state index is -0.723. The lowest BCUT2D eigenvalue weighted by Gasteiger charge is -2.08. The Balaban J connectivity index is 1.86. The molecule has 0 aliphatic carbocycles. The lowest BCUT2D eigenvalue weighted by Crippen LogP contribution is -2.20. The molecular weight excluding hydrogens is 403 g/mol. The summed E-state index contributed by atoms with van der Waals surface area (Å²) in [6.45, 7) is 5.37. The first-order chi connectivity index (χ1) is 13.2. The molecule has 4 N–H and O–H groups in total. The van der Waals surface area contributed by atoms with E-state index in [-0.39, 0.29) is 23.7 Å². The van der Waals surface area contributed by atoms with Gasteiger partial charge in [0.25, 0.3) is 5.91 Å². The number of aromatic nitrogens is 4. The number of hydrogen-bond donors (Lipinski definition) is 3. The summed E-state index contributed by atoms with van der Waals surface area (Å²) in [5.74, 6) is -1.04. The number of aromatic amines is 1. The topological polar surface area (TPSA) is 119 Å². The third kappa shape index (κ3) is 3.74. The van der Waals surface area contributed by atoms with Crippen LogP contribution in [0.3, 0.4) is 0 Å². The first kappa shape index (κ1) is 19.9. The highest BCUT2D eigenvalue weighted by Gasteiger charge is 2.20. The highest BCUT2D eigenvalue weighted by molar-refractivity contribution is 6.42. The van der Waals surface area contributed by atoms with Gasteiger partial charge in [-0.3, -0.25) is 14.7 Å². The zero-order valence-corrected chi connectivity index (χ0v) is 16.9. The number of nitrogens with zero attached hydrogens (tertiary/aromatic N) is 3. The van der Waals surface area contributed by atoms with Crippen LogP contribution in [0.4, 0.5) is 5.69 Å². The average Bonchev–Trinajstić information content (AvgIpc) is 3.12. The fourth-order valence-electron chi connectivity index (χ4n) is 2.90. The molecule has 3 aromatic rings. The number of nitrogens with two attached hydrogens (primary N) is 1. The van der Waals surface area contributed by atoms with E-state index >= 15 is 0 Å². The van der Waals surface area contributed by atoms with Crippen molar-refractivity contribution in [1.82, 2.24) is 20.0 Å². The number of hydrogen-bond acceptors (Lipinski definition) is 4. The SMILES string of the molecule is Cc1nn(-c2ccc(Cl)c(Cl)c2)c(C)c1CC(=O)Nc1c(C(N)=O)n[nH]c1C. The summed E-state index contributed by atoms with van der Waals surface area (Å²) >= 11 is 12.1. The summed E-state index contributed by atoms with van der Waals surface area (Å²) in [7, 11) is 0. The van der Waals surface area contributed by atoms with Crippen molar-refractivity contribution in [2.45, 2.75) is 27.2 Å². The van der Waals surface area contributed by atoms with Gasteiger partial charge >= 0.3 is 0 Å². The Morgan fingerprint density at radius 2 is 1.93 bits per heavy atom. The van der Waals surface area contributed by atoms with Crippen molar-refractivity contribution in [3.63, 3.8) is 0 Å². The van der Waals surface area contributed by atoms with E-state index in [1.165, 1.54) is 0 Å². The zero-order chi connectivity index (χ0) is 20.6. The lowest BCUT2D eigenvalue weighted by atomic mass is 10.1. The number of primary amides is 1. The Labute approximate surface area is 171 Å². The molecule has 0 aliphatic heterocycles. The van der Waals surface area contributed by atoms with Crippen molar-refractivity contribution < 1.29 is 9.59 Å². The quantitative estimate of drug-likeness (QED) is 0.587. The highest BCUT2D eigenvalue weighted by Crippen LogP contribution is 2.26. The summed E-state index contributed by atoms with van der Waals surface area (Å²) in [5, 5.41) is 14.5. The molecule has 0 unspecified atom stereocenters. The van der Waals surface area contributed by atoms with Crippen LogP contribution in [-0.2, 0) is 11.2 Å². The van der Waals surface area contributed by atoms with Gasteiger partial charge in [0.15, 0.2) is 5.69 Å². The number of amides is 2. The monoisotopic (exact) mass is 420 g/mol. The summed E-state index contributed by atoms with van der Waals surface area (Å²) < 4.78 is 1.71. The van der Waals surface area contributed by atoms with Gasteiger partial charge in [0.05, 0.1) is 39.2 Å². The van der Waals surface area contributed by atoms with E-state index < -0.39 is 5.91 Å². The average molecular weight is 421 g/mol. The summed E-state index contributed by atoms with van der Waals surface area (Å²) in [5.41, 5.74) is 9.12. The van der Waals surface area contributed by atoms with Crippen molar-refractivity contribution in [2.24, 2.45) is 5.73 Å². The maximum Gasteiger partial charge on any atom is 0.271 e. The molecule has 3 rings (SSSR count). The van der Waals surface area contributed by atoms with Gasteiger partial charge in [-0.2, -0.15) is 10.2 Å². The molecule has 8 nitrogen and oxygen atoms in total. The number of halogens is 2. The number of carbonyl (C=O) groups is 2. The van der Waals surface area contributed by atoms with E-state index in [2.05, 4.69) is 20.6 Å². The third-order valence-electron chi connectivity index (χ3n) is 4.37. The standard InChI is InChI=1S/C18H18Cl2N6O2/c1-8-12(7-15(27)22-16-9(2)23-24-17(16)18(21)28)10(3)26(25-8)11-4-5-13(19)14(20)6-11/h4-6H,7H2,1-3H3,(H2,21,28)(H,22,27)(H,23,24). The van der Waals surface area contributed by atoms with Crippen molar-refractivity contribution >= 4 is 40.7 Å². The molecule has 1 aromatic carbocycles. The molecule has 10 heteroatoms. The maximum absolute atomic E-state index is 12.6. The van der Waals surface area contributed by atoms with Gasteiger partial charge in [-0.1, -0.05) is 23.2 Å². The Kier molecular flexibility index (Phi) is 5.44. The largest absolute Gasteiger partial charge is 0.364 e. The molecule has 2 aromatic heterocycles. The fraction of sp³-hybridized carbons (Fsp3) is 0.222. The molecule has 0 fully saturated rings. The van der Waals surface area contributed by atoms with Crippen LogP contribution in [-0.4, -0.2) is 31.8 Å². The minimum Gasteiger partial charge on any atom is -0.364 e. The molecule has 0 spiro atoms. The van der Waals surface area contributed by atoms with E-state index in [0.717, 1.165) is 16.9 Å². The predicted octanol–water partition coefficient (Wildman–Crippen LogP) is 3.11. The molecular formula is C18H18Cl2N6O2. The first-order valence-corrected chi connectivity index (χ1v) is 9.09. The van der Waals surface area contributed by atoms with Crippen LogP contribution in [0.25, 0.3) is 5.69 Å². The van der Waals surface area contributed by atoms with Crippen LogP contribution in [0.1, 0.15) is 33.1 Å². The highest BCUT2D eigenvalue weighted by atomic mass is 35.5. The smallest absolute Gasteiger partial charge is 0.271 e. The van der Waals surface area contributed by atoms with Crippen LogP contribution >= 0.6 is 23.2 Å². The van der Waals surface area contributed by atoms with Crippen molar-refractivity contribution in [3.05, 3.63) is 56.6 Å². The predicted molar refractivity (Wildman–Crippen MR) is 107 cm³/mol. The molecule has 0 radical (unpaired) electrons. The number of carbonyl (C=O) groups excluding carboxylic acids is 2. The van der Waals surface area contributed by atoms with Crippen molar-refractivity contribution in [3.8, 4) is 5.69 Å². The number of nitrogens with one attached hydrogen (secondary N) is 2. The molecule has 28 heavy (non-hydrogen) atoms. The Bertz CT molecular complexity index is 1090. The number of H-pyrrole nitrogens is 1. The molecule has 0 atom stereocenters. The van der Waals surface area contributed by atoms with Gasteiger partial charge in [0, 0.05) is 11.3 Å². The number of anilines is 1. The van der Waals surface area contributed by atoms with Gasteiger partial charge in [-0.05, 0) is 39.0 Å². The molecule has 146 valence electrons. The van der Waals surface area contributed by atoms with E-state index in [9.17, 15) is 9.59 Å². The number of benzene rings is 1. The summed E-state index contributed by atoms with van der Waals surface area (Å²) in [4.78, 5) is 24.0. The van der Waals surface area contributed by atoms with Gasteiger partial charge in [0.1, 0.15) is 0 Å². The van der Waals surface area contributed by atoms with Gasteiger partial charge in [-0.25, -0.2) is 4.68 Å². The summed E-state index contributed by atoms with van der Waals surface area (Å²) in [6.07, 6.45) is 0.0712. The van der Waals surface area contributed by atoms with E-state index in [1.807, 2.05) is 13.8 Å². The van der Waals surface area contributed by atoms with Gasteiger partial charge in [-0.15, -0.1) is 0 Å². The molecule has 0 saturated carbocycles. The second-order valence-electron chi connectivity index (χ2n) is 6.32. The molecule has 0 saturated heterocycles. The van der Waals surface area contributed by atoms with Crippen LogP contribution in [0.15, 0.2) is 18.2 Å². The maximum atomic E-state index is 12.6. The fourth-order valence-corrected chi connectivity index (χ4v) is 3.20. The normalized spacial score (nSPS) is 10.9. The van der Waals surface area contributed by atoms with Gasteiger partial charge in [0.2, 0.25) is 5.91 Å². The third-order valence-corrected chi connectivity index (χ3v) is 5.11. The van der Waals surface area contributed by atoms with Crippen LogP contribution in [0.5, 0.6) is 0 Å². The lowest BCUT2D eigenvalue weighted by molar-refractivity contribution is -0.115. The van der Waals surface area contributed by atoms with Crippen molar-refractivity contribution in [2.75, 3.05) is 5.32 Å². The molecule has 2 amide bonds. The first-order valence-electron chi connectivity index (χ1n) is 8.34. The molecule has 0 aliphatic rings. The second kappa shape index (κ2) is 7.65. The van der Waals surface area contributed by atoms with Crippen LogP contribution < -0.4 is 11.1 Å². The number of aryl methyl sites for hydroxylation is 2. The molecule has 2 heterocycles. The van der Waals surface area contributed by atoms with E-state index in [0.29, 0.717) is 21.4 Å². The van der Waals surface area contributed by atoms with Crippen molar-refractivity contribution in [1.29, 1.82) is 0 Å². The Morgan fingerprint density at radius 3 is 2.57 bits per heavy atom. The van der Waals surface area contributed by atoms with Crippen LogP contribution in [0.2, 0.25) is 10.0 Å². The second-order valence-corrected chi connectivity index (χ2v) is 7.14. The van der Waals surface area contributed by atoms with E-state index in [4.69, 9.17) is 28.9 Å². The van der Waals surface area contributed by atoms with E-state index in [1.54, 1.807) is 29.8 Å². The summed E-state index contributed by atoms with van der Waals surface area (Å²) in [6, 6.07) is 5.20. The van der Waals surface area contributed by atoms with Gasteiger partial charge < -0.3 is 11.1 Å². The Hall–Kier alpha value is -2.84. The molecule has 0 bridgehead atoms. The van der Waals surface area contributed by atoms with Crippen LogP contribution in [0, 0.1) is 20.8 Å².